The van der Waals surface area contributed by atoms with Crippen molar-refractivity contribution >= 4 is 17.5 Å². The Morgan fingerprint density at radius 3 is 2.60 bits per heavy atom. The molecule has 0 bridgehead atoms. The largest absolute Gasteiger partial charge is 0.350 e. The van der Waals surface area contributed by atoms with Crippen molar-refractivity contribution in [2.45, 2.75) is 13.1 Å². The lowest BCUT2D eigenvalue weighted by molar-refractivity contribution is -0.122. The minimum absolute atomic E-state index is 0.164. The fourth-order valence-electron chi connectivity index (χ4n) is 2.27. The van der Waals surface area contributed by atoms with Gasteiger partial charge in [-0.3, -0.25) is 14.6 Å². The van der Waals surface area contributed by atoms with Gasteiger partial charge in [-0.05, 0) is 29.8 Å². The highest BCUT2D eigenvalue weighted by atomic mass is 35.5. The van der Waals surface area contributed by atoms with Crippen molar-refractivity contribution in [2.75, 3.05) is 0 Å². The van der Waals surface area contributed by atoms with Crippen LogP contribution in [0.1, 0.15) is 5.56 Å². The first-order chi connectivity index (χ1) is 12.1. The molecule has 2 heterocycles. The fourth-order valence-corrected chi connectivity index (χ4v) is 2.47. The highest BCUT2D eigenvalue weighted by Gasteiger charge is 2.08. The van der Waals surface area contributed by atoms with Crippen LogP contribution in [0.15, 0.2) is 65.7 Å². The molecule has 0 aliphatic carbocycles. The summed E-state index contributed by atoms with van der Waals surface area (Å²) in [7, 11) is 0. The molecule has 0 saturated carbocycles. The van der Waals surface area contributed by atoms with Crippen LogP contribution < -0.4 is 10.9 Å². The number of aromatic nitrogens is 3. The summed E-state index contributed by atoms with van der Waals surface area (Å²) in [6, 6.07) is 13.8. The highest BCUT2D eigenvalue weighted by molar-refractivity contribution is 6.31. The Bertz CT molecular complexity index is 941. The average molecular weight is 355 g/mol. The van der Waals surface area contributed by atoms with Crippen LogP contribution in [0.25, 0.3) is 11.3 Å². The predicted octanol–water partition coefficient (Wildman–Crippen LogP) is 2.28. The van der Waals surface area contributed by atoms with Crippen molar-refractivity contribution in [3.8, 4) is 11.3 Å². The van der Waals surface area contributed by atoms with Crippen molar-refractivity contribution in [3.05, 3.63) is 81.9 Å². The lowest BCUT2D eigenvalue weighted by Crippen LogP contribution is -2.33. The normalized spacial score (nSPS) is 10.4. The molecular weight excluding hydrogens is 340 g/mol. The van der Waals surface area contributed by atoms with Crippen LogP contribution in [0.5, 0.6) is 0 Å². The Morgan fingerprint density at radius 2 is 1.84 bits per heavy atom. The molecule has 0 radical (unpaired) electrons. The summed E-state index contributed by atoms with van der Waals surface area (Å²) >= 11 is 6.06. The Hall–Kier alpha value is -2.99. The standard InChI is InChI=1S/C18H15ClN4O2/c19-15-4-2-1-3-14(15)11-21-17(24)12-23-18(25)6-5-16(22-23)13-7-9-20-10-8-13/h1-10H,11-12H2,(H,21,24). The molecule has 7 heteroatoms. The lowest BCUT2D eigenvalue weighted by Gasteiger charge is -2.09. The van der Waals surface area contributed by atoms with Crippen LogP contribution >= 0.6 is 11.6 Å². The molecule has 3 rings (SSSR count). The zero-order chi connectivity index (χ0) is 17.6. The van der Waals surface area contributed by atoms with Gasteiger partial charge in [-0.2, -0.15) is 5.10 Å². The van der Waals surface area contributed by atoms with Gasteiger partial charge < -0.3 is 5.32 Å². The number of carbonyl (C=O) groups excluding carboxylic acids is 1. The quantitative estimate of drug-likeness (QED) is 0.762. The molecule has 0 saturated heterocycles. The number of nitrogens with zero attached hydrogens (tertiary/aromatic N) is 3. The monoisotopic (exact) mass is 354 g/mol. The smallest absolute Gasteiger partial charge is 0.267 e. The van der Waals surface area contributed by atoms with E-state index < -0.39 is 0 Å². The molecular formula is C18H15ClN4O2. The van der Waals surface area contributed by atoms with Crippen LogP contribution in [0.4, 0.5) is 0 Å². The zero-order valence-corrected chi connectivity index (χ0v) is 14.0. The van der Waals surface area contributed by atoms with Gasteiger partial charge in [-0.1, -0.05) is 29.8 Å². The van der Waals surface area contributed by atoms with E-state index in [1.165, 1.54) is 6.07 Å². The second-order valence-corrected chi connectivity index (χ2v) is 5.73. The van der Waals surface area contributed by atoms with Gasteiger partial charge in [0.05, 0.1) is 5.69 Å². The van der Waals surface area contributed by atoms with E-state index in [0.717, 1.165) is 15.8 Å². The van der Waals surface area contributed by atoms with Crippen molar-refractivity contribution in [3.63, 3.8) is 0 Å². The average Bonchev–Trinajstić information content (AvgIpc) is 2.63. The Kier molecular flexibility index (Phi) is 5.20. The SMILES string of the molecule is O=C(Cn1nc(-c2ccncc2)ccc1=O)NCc1ccccc1Cl. The number of hydrogen-bond acceptors (Lipinski definition) is 4. The van der Waals surface area contributed by atoms with Crippen LogP contribution in [0.3, 0.4) is 0 Å². The molecule has 2 aromatic heterocycles. The second kappa shape index (κ2) is 7.72. The number of amides is 1. The van der Waals surface area contributed by atoms with Crippen LogP contribution in [0, 0.1) is 0 Å². The molecule has 1 aromatic carbocycles. The van der Waals surface area contributed by atoms with E-state index in [1.54, 1.807) is 36.7 Å². The zero-order valence-electron chi connectivity index (χ0n) is 13.2. The number of rotatable bonds is 5. The molecule has 1 amide bonds. The van der Waals surface area contributed by atoms with Crippen molar-refractivity contribution in [1.29, 1.82) is 0 Å². The number of hydrogen-bond donors (Lipinski definition) is 1. The first-order valence-corrected chi connectivity index (χ1v) is 8.00. The highest BCUT2D eigenvalue weighted by Crippen LogP contribution is 2.14. The van der Waals surface area contributed by atoms with Crippen LogP contribution in [0.2, 0.25) is 5.02 Å². The van der Waals surface area contributed by atoms with Crippen molar-refractivity contribution in [1.82, 2.24) is 20.1 Å². The molecule has 0 unspecified atom stereocenters. The van der Waals surface area contributed by atoms with E-state index in [4.69, 9.17) is 11.6 Å². The van der Waals surface area contributed by atoms with Crippen molar-refractivity contribution in [2.24, 2.45) is 0 Å². The van der Waals surface area contributed by atoms with Crippen LogP contribution in [-0.4, -0.2) is 20.7 Å². The summed E-state index contributed by atoms with van der Waals surface area (Å²) in [4.78, 5) is 28.0. The number of pyridine rings is 1. The molecule has 0 aliphatic heterocycles. The number of halogens is 1. The third-order valence-electron chi connectivity index (χ3n) is 3.57. The predicted molar refractivity (Wildman–Crippen MR) is 95.0 cm³/mol. The Balaban J connectivity index is 1.71. The van der Waals surface area contributed by atoms with E-state index in [0.29, 0.717) is 10.7 Å². The topological polar surface area (TPSA) is 76.9 Å². The molecule has 0 aliphatic rings. The molecule has 3 aromatic rings. The third kappa shape index (κ3) is 4.30. The van der Waals surface area contributed by atoms with Gasteiger partial charge in [0.2, 0.25) is 5.91 Å². The molecule has 0 spiro atoms. The number of benzene rings is 1. The van der Waals surface area contributed by atoms with Gasteiger partial charge in [-0.25, -0.2) is 4.68 Å². The van der Waals surface area contributed by atoms with Crippen molar-refractivity contribution < 1.29 is 4.79 Å². The fraction of sp³-hybridized carbons (Fsp3) is 0.111. The van der Waals surface area contributed by atoms with Gasteiger partial charge >= 0.3 is 0 Å². The van der Waals surface area contributed by atoms with Gasteiger partial charge in [0.1, 0.15) is 6.54 Å². The van der Waals surface area contributed by atoms with E-state index >= 15 is 0 Å². The maximum absolute atomic E-state index is 12.1. The molecule has 0 atom stereocenters. The Morgan fingerprint density at radius 1 is 1.08 bits per heavy atom. The number of carbonyl (C=O) groups is 1. The second-order valence-electron chi connectivity index (χ2n) is 5.32. The summed E-state index contributed by atoms with van der Waals surface area (Å²) in [5, 5.41) is 7.57. The van der Waals surface area contributed by atoms with Gasteiger partial charge in [0.15, 0.2) is 0 Å². The van der Waals surface area contributed by atoms with Gasteiger partial charge in [-0.15, -0.1) is 0 Å². The molecule has 0 fully saturated rings. The number of nitrogens with one attached hydrogen (secondary N) is 1. The Labute approximate surface area is 149 Å². The van der Waals surface area contributed by atoms with E-state index in [9.17, 15) is 9.59 Å². The van der Waals surface area contributed by atoms with Crippen LogP contribution in [-0.2, 0) is 17.9 Å². The minimum Gasteiger partial charge on any atom is -0.350 e. The van der Waals surface area contributed by atoms with E-state index in [-0.39, 0.29) is 24.6 Å². The molecule has 126 valence electrons. The third-order valence-corrected chi connectivity index (χ3v) is 3.94. The first-order valence-electron chi connectivity index (χ1n) is 7.62. The lowest BCUT2D eigenvalue weighted by atomic mass is 10.2. The maximum atomic E-state index is 12.1. The molecule has 6 nitrogen and oxygen atoms in total. The summed E-state index contributed by atoms with van der Waals surface area (Å²) < 4.78 is 1.14. The molecule has 25 heavy (non-hydrogen) atoms. The minimum atomic E-state index is -0.342. The summed E-state index contributed by atoms with van der Waals surface area (Å²) in [6.07, 6.45) is 3.28. The summed E-state index contributed by atoms with van der Waals surface area (Å²) in [5.41, 5.74) is 1.88. The summed E-state index contributed by atoms with van der Waals surface area (Å²) in [5.74, 6) is -0.318. The van der Waals surface area contributed by atoms with Gasteiger partial charge in [0, 0.05) is 35.6 Å². The summed E-state index contributed by atoms with van der Waals surface area (Å²) in [6.45, 7) is 0.125. The first kappa shape index (κ1) is 16.9. The van der Waals surface area contributed by atoms with E-state index in [1.807, 2.05) is 18.2 Å². The van der Waals surface area contributed by atoms with Gasteiger partial charge in [0.25, 0.3) is 5.56 Å². The molecule has 1 N–H and O–H groups in total. The maximum Gasteiger partial charge on any atom is 0.267 e. The van der Waals surface area contributed by atoms with E-state index in [2.05, 4.69) is 15.4 Å².